The first-order valence-electron chi connectivity index (χ1n) is 9.09. The van der Waals surface area contributed by atoms with Gasteiger partial charge in [-0.3, -0.25) is 5.10 Å². The molecule has 4 heterocycles. The van der Waals surface area contributed by atoms with Crippen LogP contribution in [0.4, 0.5) is 5.69 Å². The van der Waals surface area contributed by atoms with E-state index in [-0.39, 0.29) is 0 Å². The van der Waals surface area contributed by atoms with Gasteiger partial charge in [-0.05, 0) is 36.6 Å². The van der Waals surface area contributed by atoms with Gasteiger partial charge in [0, 0.05) is 24.6 Å². The maximum Gasteiger partial charge on any atom is 0.138 e. The summed E-state index contributed by atoms with van der Waals surface area (Å²) in [4.78, 5) is 2.45. The van der Waals surface area contributed by atoms with Crippen LogP contribution >= 0.6 is 11.6 Å². The van der Waals surface area contributed by atoms with Crippen molar-refractivity contribution in [1.82, 2.24) is 10.2 Å². The maximum absolute atomic E-state index is 6.50. The summed E-state index contributed by atoms with van der Waals surface area (Å²) in [7, 11) is 0. The Balaban J connectivity index is 1.41. The lowest BCUT2D eigenvalue weighted by molar-refractivity contribution is 0.306. The van der Waals surface area contributed by atoms with Crippen LogP contribution in [0, 0.1) is 0 Å². The van der Waals surface area contributed by atoms with Gasteiger partial charge in [-0.2, -0.15) is 5.10 Å². The van der Waals surface area contributed by atoms with Crippen LogP contribution in [-0.4, -0.2) is 23.3 Å². The monoisotopic (exact) mass is 365 g/mol. The van der Waals surface area contributed by atoms with E-state index in [1.54, 1.807) is 0 Å². The highest BCUT2D eigenvalue weighted by Gasteiger charge is 2.35. The van der Waals surface area contributed by atoms with Gasteiger partial charge in [-0.15, -0.1) is 0 Å². The van der Waals surface area contributed by atoms with E-state index in [0.29, 0.717) is 23.3 Å². The second kappa shape index (κ2) is 6.36. The highest BCUT2D eigenvalue weighted by atomic mass is 35.5. The van der Waals surface area contributed by atoms with Crippen LogP contribution in [0.15, 0.2) is 48.5 Å². The van der Waals surface area contributed by atoms with Gasteiger partial charge in [0.2, 0.25) is 0 Å². The third kappa shape index (κ3) is 2.65. The lowest BCUT2D eigenvalue weighted by Crippen LogP contribution is -2.38. The molecule has 1 aromatic heterocycles. The molecule has 26 heavy (non-hydrogen) atoms. The van der Waals surface area contributed by atoms with E-state index >= 15 is 0 Å². The fourth-order valence-electron chi connectivity index (χ4n) is 4.05. The van der Waals surface area contributed by atoms with E-state index in [0.717, 1.165) is 29.9 Å². The van der Waals surface area contributed by atoms with Crippen LogP contribution in [0.5, 0.6) is 5.75 Å². The smallest absolute Gasteiger partial charge is 0.138 e. The van der Waals surface area contributed by atoms with E-state index < -0.39 is 0 Å². The predicted molar refractivity (Wildman–Crippen MR) is 104 cm³/mol. The molecule has 0 amide bonds. The fraction of sp³-hybridized carbons (Fsp3) is 0.286. The van der Waals surface area contributed by atoms with Crippen molar-refractivity contribution in [2.45, 2.75) is 25.4 Å². The Morgan fingerprint density at radius 3 is 2.69 bits per heavy atom. The van der Waals surface area contributed by atoms with Crippen LogP contribution in [0.25, 0.3) is 11.3 Å². The molecule has 2 bridgehead atoms. The van der Waals surface area contributed by atoms with Gasteiger partial charge < -0.3 is 9.64 Å². The molecule has 1 fully saturated rings. The summed E-state index contributed by atoms with van der Waals surface area (Å²) in [5, 5.41) is 8.49. The summed E-state index contributed by atoms with van der Waals surface area (Å²) < 4.78 is 5.89. The Hall–Kier alpha value is -2.46. The zero-order valence-corrected chi connectivity index (χ0v) is 15.2. The zero-order valence-electron chi connectivity index (χ0n) is 14.4. The Kier molecular flexibility index (Phi) is 3.86. The summed E-state index contributed by atoms with van der Waals surface area (Å²) in [6.45, 7) is 2.75. The number of hydrogen-bond donors (Lipinski definition) is 1. The molecule has 0 radical (unpaired) electrons. The molecule has 0 spiro atoms. The van der Waals surface area contributed by atoms with Crippen molar-refractivity contribution < 1.29 is 4.74 Å². The minimum absolute atomic E-state index is 0.507. The minimum atomic E-state index is 0.507. The number of piperidine rings is 1. The normalized spacial score (nSPS) is 16.0. The zero-order chi connectivity index (χ0) is 17.5. The molecule has 3 aliphatic heterocycles. The van der Waals surface area contributed by atoms with Crippen molar-refractivity contribution in [3.63, 3.8) is 0 Å². The second-order valence-corrected chi connectivity index (χ2v) is 7.42. The third-order valence-corrected chi connectivity index (χ3v) is 5.72. The molecule has 3 aromatic rings. The molecule has 4 nitrogen and oxygen atoms in total. The first kappa shape index (κ1) is 15.8. The first-order valence-corrected chi connectivity index (χ1v) is 9.47. The van der Waals surface area contributed by atoms with Crippen LogP contribution in [0.3, 0.4) is 0 Å². The minimum Gasteiger partial charge on any atom is -0.487 e. The molecule has 3 aliphatic rings. The van der Waals surface area contributed by atoms with Gasteiger partial charge in [0.15, 0.2) is 0 Å². The summed E-state index contributed by atoms with van der Waals surface area (Å²) in [5.74, 6) is 1.32. The van der Waals surface area contributed by atoms with E-state index in [9.17, 15) is 0 Å². The predicted octanol–water partition coefficient (Wildman–Crippen LogP) is 5.01. The summed E-state index contributed by atoms with van der Waals surface area (Å²) in [6.07, 6.45) is 2.45. The van der Waals surface area contributed by atoms with Gasteiger partial charge in [-0.1, -0.05) is 41.9 Å². The molecule has 6 rings (SSSR count). The summed E-state index contributed by atoms with van der Waals surface area (Å²) in [6, 6.07) is 16.0. The van der Waals surface area contributed by atoms with Crippen LogP contribution in [0.2, 0.25) is 5.02 Å². The number of nitrogens with zero attached hydrogens (tertiary/aromatic N) is 2. The van der Waals surface area contributed by atoms with Crippen LogP contribution in [0.1, 0.15) is 30.0 Å². The number of benzene rings is 2. The Morgan fingerprint density at radius 1 is 1.12 bits per heavy atom. The van der Waals surface area contributed by atoms with Crippen LogP contribution < -0.4 is 9.64 Å². The molecule has 132 valence electrons. The second-order valence-electron chi connectivity index (χ2n) is 7.02. The van der Waals surface area contributed by atoms with Crippen molar-refractivity contribution in [2.75, 3.05) is 18.0 Å². The van der Waals surface area contributed by atoms with Gasteiger partial charge >= 0.3 is 0 Å². The van der Waals surface area contributed by atoms with Gasteiger partial charge in [0.05, 0.1) is 16.4 Å². The number of rotatable bonds is 4. The number of anilines is 1. The Labute approximate surface area is 157 Å². The average Bonchev–Trinajstić information content (AvgIpc) is 3.16. The Morgan fingerprint density at radius 2 is 1.92 bits per heavy atom. The van der Waals surface area contributed by atoms with E-state index in [2.05, 4.69) is 15.1 Å². The first-order chi connectivity index (χ1) is 12.8. The molecular weight excluding hydrogens is 346 g/mol. The van der Waals surface area contributed by atoms with Gasteiger partial charge in [-0.25, -0.2) is 0 Å². The number of aromatic amines is 1. The molecule has 5 heteroatoms. The molecular formula is C21H20ClN3O. The van der Waals surface area contributed by atoms with E-state index in [1.165, 1.54) is 24.2 Å². The number of fused-ring (bicyclic) bond motifs is 2. The Bertz CT molecular complexity index is 930. The molecule has 0 atom stereocenters. The number of ether oxygens (including phenoxy) is 1. The van der Waals surface area contributed by atoms with Crippen molar-refractivity contribution in [3.8, 4) is 17.0 Å². The molecule has 1 saturated heterocycles. The lowest BCUT2D eigenvalue weighted by Gasteiger charge is -2.40. The molecule has 0 saturated carbocycles. The SMILES string of the molecule is Clc1cc(-c2n[nH]c3c2N2CCC3CC2)ccc1OCc1ccccc1. The largest absolute Gasteiger partial charge is 0.487 e. The number of halogens is 1. The van der Waals surface area contributed by atoms with E-state index in [1.807, 2.05) is 48.5 Å². The average molecular weight is 366 g/mol. The van der Waals surface area contributed by atoms with Crippen molar-refractivity contribution in [3.05, 3.63) is 64.8 Å². The lowest BCUT2D eigenvalue weighted by atomic mass is 9.86. The van der Waals surface area contributed by atoms with Gasteiger partial charge in [0.25, 0.3) is 0 Å². The van der Waals surface area contributed by atoms with Crippen molar-refractivity contribution in [1.29, 1.82) is 0 Å². The number of nitrogens with one attached hydrogen (secondary N) is 1. The highest BCUT2D eigenvalue weighted by Crippen LogP contribution is 2.46. The topological polar surface area (TPSA) is 41.2 Å². The molecule has 0 aliphatic carbocycles. The fourth-order valence-corrected chi connectivity index (χ4v) is 4.28. The van der Waals surface area contributed by atoms with E-state index in [4.69, 9.17) is 16.3 Å². The maximum atomic E-state index is 6.50. The third-order valence-electron chi connectivity index (χ3n) is 5.43. The number of hydrogen-bond acceptors (Lipinski definition) is 3. The molecule has 1 N–H and O–H groups in total. The van der Waals surface area contributed by atoms with Crippen LogP contribution in [-0.2, 0) is 6.61 Å². The van der Waals surface area contributed by atoms with Gasteiger partial charge in [0.1, 0.15) is 18.1 Å². The number of H-pyrrole nitrogens is 1. The standard InChI is InChI=1S/C21H20ClN3O/c22-17-12-16(6-7-18(17)26-13-14-4-2-1-3-5-14)20-21-19(23-24-20)15-8-10-25(21)11-9-15/h1-7,12,15H,8-11,13H2,(H,23,24). The quantitative estimate of drug-likeness (QED) is 0.706. The van der Waals surface area contributed by atoms with Crippen molar-refractivity contribution in [2.24, 2.45) is 0 Å². The molecule has 0 unspecified atom stereocenters. The summed E-state index contributed by atoms with van der Waals surface area (Å²) >= 11 is 6.50. The van der Waals surface area contributed by atoms with Crippen molar-refractivity contribution >= 4 is 17.3 Å². The summed E-state index contributed by atoms with van der Waals surface area (Å²) in [5.41, 5.74) is 5.71. The molecule has 2 aromatic carbocycles. The number of aromatic nitrogens is 2. The highest BCUT2D eigenvalue weighted by molar-refractivity contribution is 6.32.